The molecular weight excluding hydrogens is 363 g/mol. The number of amides is 1. The van der Waals surface area contributed by atoms with Crippen molar-refractivity contribution in [1.82, 2.24) is 9.88 Å². The average molecular weight is 388 g/mol. The first-order valence-corrected chi connectivity index (χ1v) is 10.1. The summed E-state index contributed by atoms with van der Waals surface area (Å²) in [6.07, 6.45) is 2.02. The molecule has 1 atom stereocenters. The summed E-state index contributed by atoms with van der Waals surface area (Å²) < 4.78 is 13.0. The number of benzene rings is 2. The van der Waals surface area contributed by atoms with Gasteiger partial charge in [0.2, 0.25) is 0 Å². The highest BCUT2D eigenvalue weighted by molar-refractivity contribution is 5.92. The van der Waals surface area contributed by atoms with Crippen LogP contribution in [-0.4, -0.2) is 28.9 Å². The van der Waals surface area contributed by atoms with Crippen LogP contribution in [0.15, 0.2) is 66.9 Å². The fourth-order valence-electron chi connectivity index (χ4n) is 4.08. The van der Waals surface area contributed by atoms with Gasteiger partial charge in [0, 0.05) is 19.0 Å². The number of pyridine rings is 1. The zero-order valence-electron chi connectivity index (χ0n) is 16.8. The summed E-state index contributed by atoms with van der Waals surface area (Å²) in [5.41, 5.74) is 5.40. The molecule has 3 nitrogen and oxygen atoms in total. The molecule has 1 aliphatic rings. The van der Waals surface area contributed by atoms with Gasteiger partial charge in [0.05, 0.1) is 6.20 Å². The second kappa shape index (κ2) is 8.16. The van der Waals surface area contributed by atoms with Crippen LogP contribution in [0.25, 0.3) is 11.1 Å². The van der Waals surface area contributed by atoms with Gasteiger partial charge in [0.25, 0.3) is 5.91 Å². The molecule has 2 heterocycles. The lowest BCUT2D eigenvalue weighted by Crippen LogP contribution is -2.29. The minimum atomic E-state index is -0.431. The van der Waals surface area contributed by atoms with E-state index in [9.17, 15) is 9.18 Å². The summed E-state index contributed by atoms with van der Waals surface area (Å²) in [5.74, 6) is 0.226. The normalized spacial score (nSPS) is 16.4. The van der Waals surface area contributed by atoms with Crippen LogP contribution in [0.2, 0.25) is 0 Å². The van der Waals surface area contributed by atoms with Crippen molar-refractivity contribution in [2.75, 3.05) is 13.1 Å². The highest BCUT2D eigenvalue weighted by Gasteiger charge is 2.28. The molecule has 29 heavy (non-hydrogen) atoms. The first-order valence-electron chi connectivity index (χ1n) is 10.1. The minimum absolute atomic E-state index is 0.130. The fraction of sp³-hybridized carbons (Fsp3) is 0.280. The number of likely N-dealkylation sites (tertiary alicyclic amines) is 1. The topological polar surface area (TPSA) is 33.2 Å². The molecule has 148 valence electrons. The summed E-state index contributed by atoms with van der Waals surface area (Å²) in [5, 5.41) is 0. The molecule has 1 unspecified atom stereocenters. The molecule has 1 amide bonds. The first-order chi connectivity index (χ1) is 14.0. The molecule has 2 aromatic carbocycles. The zero-order valence-corrected chi connectivity index (χ0v) is 16.8. The van der Waals surface area contributed by atoms with Gasteiger partial charge < -0.3 is 4.90 Å². The number of nitrogens with zero attached hydrogens (tertiary/aromatic N) is 2. The number of carbonyl (C=O) groups is 1. The zero-order chi connectivity index (χ0) is 20.4. The van der Waals surface area contributed by atoms with E-state index in [2.05, 4.69) is 67.4 Å². The predicted octanol–water partition coefficient (Wildman–Crippen LogP) is 5.64. The maximum absolute atomic E-state index is 13.0. The Morgan fingerprint density at radius 1 is 1.07 bits per heavy atom. The largest absolute Gasteiger partial charge is 0.337 e. The number of aromatic nitrogens is 1. The van der Waals surface area contributed by atoms with Crippen molar-refractivity contribution in [3.05, 3.63) is 89.5 Å². The van der Waals surface area contributed by atoms with E-state index < -0.39 is 5.82 Å². The monoisotopic (exact) mass is 388 g/mol. The van der Waals surface area contributed by atoms with Crippen molar-refractivity contribution in [2.45, 2.75) is 32.1 Å². The van der Waals surface area contributed by atoms with E-state index in [4.69, 9.17) is 0 Å². The minimum Gasteiger partial charge on any atom is -0.337 e. The maximum Gasteiger partial charge on any atom is 0.272 e. The Hall–Kier alpha value is -3.01. The van der Waals surface area contributed by atoms with Gasteiger partial charge in [0.1, 0.15) is 11.5 Å². The van der Waals surface area contributed by atoms with E-state index in [0.717, 1.165) is 12.6 Å². The third-order valence-electron chi connectivity index (χ3n) is 5.70. The Labute approximate surface area is 171 Å². The third kappa shape index (κ3) is 4.07. The van der Waals surface area contributed by atoms with Crippen molar-refractivity contribution in [2.24, 2.45) is 0 Å². The highest BCUT2D eigenvalue weighted by Crippen LogP contribution is 2.32. The molecule has 0 bridgehead atoms. The van der Waals surface area contributed by atoms with Crippen LogP contribution in [0.1, 0.15) is 53.7 Å². The molecule has 1 aliphatic heterocycles. The maximum atomic E-state index is 13.0. The number of halogens is 1. The van der Waals surface area contributed by atoms with E-state index in [0.29, 0.717) is 30.6 Å². The van der Waals surface area contributed by atoms with Gasteiger partial charge in [-0.3, -0.25) is 4.79 Å². The molecule has 4 rings (SSSR count). The molecule has 0 saturated carbocycles. The van der Waals surface area contributed by atoms with Crippen LogP contribution >= 0.6 is 0 Å². The Morgan fingerprint density at radius 2 is 1.83 bits per heavy atom. The molecule has 1 saturated heterocycles. The fourth-order valence-corrected chi connectivity index (χ4v) is 4.08. The first kappa shape index (κ1) is 19.3. The number of hydrogen-bond donors (Lipinski definition) is 0. The molecule has 0 N–H and O–H groups in total. The van der Waals surface area contributed by atoms with E-state index in [1.807, 2.05) is 4.90 Å². The summed E-state index contributed by atoms with van der Waals surface area (Å²) in [6, 6.07) is 20.0. The summed E-state index contributed by atoms with van der Waals surface area (Å²) >= 11 is 0. The number of rotatable bonds is 4. The van der Waals surface area contributed by atoms with E-state index in [1.165, 1.54) is 34.4 Å². The quantitative estimate of drug-likeness (QED) is 0.579. The van der Waals surface area contributed by atoms with E-state index >= 15 is 0 Å². The Morgan fingerprint density at radius 3 is 2.52 bits per heavy atom. The van der Waals surface area contributed by atoms with Gasteiger partial charge in [-0.2, -0.15) is 0 Å². The van der Waals surface area contributed by atoms with Crippen LogP contribution in [-0.2, 0) is 0 Å². The molecular formula is C25H25FN2O. The average Bonchev–Trinajstić information content (AvgIpc) is 3.24. The van der Waals surface area contributed by atoms with Gasteiger partial charge in [0.15, 0.2) is 0 Å². The Balaban J connectivity index is 1.48. The van der Waals surface area contributed by atoms with Crippen molar-refractivity contribution >= 4 is 5.91 Å². The molecule has 3 aromatic rings. The SMILES string of the molecule is CC(C)c1ccccc1-c1ccc(C2CCN(C(=O)c3ccc(F)cn3)C2)cc1. The van der Waals surface area contributed by atoms with Gasteiger partial charge >= 0.3 is 0 Å². The standard InChI is InChI=1S/C25H25FN2O/c1-17(2)22-5-3-4-6-23(22)19-9-7-18(8-10-19)20-13-14-28(16-20)25(29)24-12-11-21(26)15-27-24/h3-12,15,17,20H,13-14,16H2,1-2H3. The Bertz CT molecular complexity index is 996. The van der Waals surface area contributed by atoms with Crippen LogP contribution in [0.5, 0.6) is 0 Å². The number of carbonyl (C=O) groups excluding carboxylic acids is 1. The van der Waals surface area contributed by atoms with Crippen molar-refractivity contribution < 1.29 is 9.18 Å². The lowest BCUT2D eigenvalue weighted by Gasteiger charge is -2.17. The lowest BCUT2D eigenvalue weighted by molar-refractivity contribution is 0.0785. The van der Waals surface area contributed by atoms with Crippen molar-refractivity contribution in [3.8, 4) is 11.1 Å². The smallest absolute Gasteiger partial charge is 0.272 e. The lowest BCUT2D eigenvalue weighted by atomic mass is 9.91. The van der Waals surface area contributed by atoms with Gasteiger partial charge in [-0.05, 0) is 46.7 Å². The highest BCUT2D eigenvalue weighted by atomic mass is 19.1. The molecule has 0 spiro atoms. The van der Waals surface area contributed by atoms with Crippen LogP contribution in [0.3, 0.4) is 0 Å². The van der Waals surface area contributed by atoms with Crippen molar-refractivity contribution in [3.63, 3.8) is 0 Å². The third-order valence-corrected chi connectivity index (χ3v) is 5.70. The van der Waals surface area contributed by atoms with Gasteiger partial charge in [-0.15, -0.1) is 0 Å². The molecule has 0 aliphatic carbocycles. The Kier molecular flexibility index (Phi) is 5.43. The predicted molar refractivity (Wildman–Crippen MR) is 113 cm³/mol. The molecule has 1 aromatic heterocycles. The molecule has 0 radical (unpaired) electrons. The second-order valence-electron chi connectivity index (χ2n) is 7.96. The van der Waals surface area contributed by atoms with E-state index in [-0.39, 0.29) is 5.91 Å². The molecule has 1 fully saturated rings. The van der Waals surface area contributed by atoms with Crippen LogP contribution < -0.4 is 0 Å². The van der Waals surface area contributed by atoms with Gasteiger partial charge in [-0.25, -0.2) is 9.37 Å². The summed E-state index contributed by atoms with van der Waals surface area (Å²) in [7, 11) is 0. The number of hydrogen-bond acceptors (Lipinski definition) is 2. The van der Waals surface area contributed by atoms with E-state index in [1.54, 1.807) is 0 Å². The second-order valence-corrected chi connectivity index (χ2v) is 7.96. The van der Waals surface area contributed by atoms with Crippen molar-refractivity contribution in [1.29, 1.82) is 0 Å². The van der Waals surface area contributed by atoms with Gasteiger partial charge in [-0.1, -0.05) is 62.4 Å². The van der Waals surface area contributed by atoms with Crippen LogP contribution in [0.4, 0.5) is 4.39 Å². The summed E-state index contributed by atoms with van der Waals surface area (Å²) in [4.78, 5) is 18.4. The summed E-state index contributed by atoms with van der Waals surface area (Å²) in [6.45, 7) is 5.79. The van der Waals surface area contributed by atoms with Crippen LogP contribution in [0, 0.1) is 5.82 Å². The molecule has 4 heteroatoms.